The molecule has 3 aromatic carbocycles. The molecule has 2 aliphatic heterocycles. The van der Waals surface area contributed by atoms with E-state index in [0.717, 1.165) is 68.1 Å². The molecule has 0 bridgehead atoms. The largest absolute Gasteiger partial charge is 0.350 e. The summed E-state index contributed by atoms with van der Waals surface area (Å²) < 4.78 is 0. The van der Waals surface area contributed by atoms with E-state index in [9.17, 15) is 4.79 Å². The molecule has 0 radical (unpaired) electrons. The number of carbonyl (C=O) groups excluding carboxylic acids is 1. The zero-order valence-electron chi connectivity index (χ0n) is 26.5. The second kappa shape index (κ2) is 14.0. The number of hydrogen-bond acceptors (Lipinski definition) is 9. The van der Waals surface area contributed by atoms with Gasteiger partial charge < -0.3 is 25.3 Å². The van der Waals surface area contributed by atoms with Crippen LogP contribution in [0.1, 0.15) is 40.4 Å². The molecule has 4 aromatic rings. The van der Waals surface area contributed by atoms with E-state index in [-0.39, 0.29) is 5.91 Å². The lowest BCUT2D eigenvalue weighted by atomic mass is 10.0. The van der Waals surface area contributed by atoms with Crippen molar-refractivity contribution in [2.24, 2.45) is 0 Å². The molecule has 2 N–H and O–H groups in total. The predicted molar refractivity (Wildman–Crippen MR) is 181 cm³/mol. The SMILES string of the molecule is CCN(C(=O)c1ccc(CNc2nc(NCN3CCN(C)CC3)nc(N3CCCc4ccccc43)n2)cc1)c1cccc(C)c1. The molecule has 10 heteroatoms. The van der Waals surface area contributed by atoms with Gasteiger partial charge in [0.05, 0.1) is 6.67 Å². The van der Waals surface area contributed by atoms with Crippen LogP contribution in [0, 0.1) is 6.92 Å². The molecule has 0 aliphatic carbocycles. The molecule has 1 aromatic heterocycles. The minimum atomic E-state index is -0.0115. The van der Waals surface area contributed by atoms with Crippen molar-refractivity contribution < 1.29 is 4.79 Å². The number of aromatic nitrogens is 3. The fraction of sp³-hybridized carbons (Fsp3) is 0.371. The highest BCUT2D eigenvalue weighted by molar-refractivity contribution is 6.06. The number of aryl methyl sites for hydroxylation is 2. The van der Waals surface area contributed by atoms with Crippen LogP contribution in [0.25, 0.3) is 0 Å². The summed E-state index contributed by atoms with van der Waals surface area (Å²) in [5.74, 6) is 1.70. The molecule has 10 nitrogen and oxygen atoms in total. The number of amides is 1. The van der Waals surface area contributed by atoms with Gasteiger partial charge in [-0.1, -0.05) is 42.5 Å². The van der Waals surface area contributed by atoms with E-state index in [2.05, 4.69) is 56.6 Å². The van der Waals surface area contributed by atoms with E-state index < -0.39 is 0 Å². The molecule has 0 atom stereocenters. The summed E-state index contributed by atoms with van der Waals surface area (Å²) in [4.78, 5) is 36.6. The maximum Gasteiger partial charge on any atom is 0.258 e. The van der Waals surface area contributed by atoms with Crippen molar-refractivity contribution >= 4 is 35.1 Å². The Morgan fingerprint density at radius 2 is 1.62 bits per heavy atom. The second-order valence-electron chi connectivity index (χ2n) is 11.9. The highest BCUT2D eigenvalue weighted by atomic mass is 16.2. The number of likely N-dealkylation sites (N-methyl/N-ethyl adjacent to an activating group) is 1. The van der Waals surface area contributed by atoms with Gasteiger partial charge in [0.25, 0.3) is 5.91 Å². The number of nitrogens with one attached hydrogen (secondary N) is 2. The van der Waals surface area contributed by atoms with Gasteiger partial charge in [0, 0.05) is 62.8 Å². The van der Waals surface area contributed by atoms with Gasteiger partial charge in [0.1, 0.15) is 0 Å². The number of benzene rings is 3. The molecule has 45 heavy (non-hydrogen) atoms. The maximum atomic E-state index is 13.3. The van der Waals surface area contributed by atoms with E-state index in [1.165, 1.54) is 5.56 Å². The van der Waals surface area contributed by atoms with E-state index >= 15 is 0 Å². The predicted octanol–water partition coefficient (Wildman–Crippen LogP) is 5.16. The lowest BCUT2D eigenvalue weighted by Crippen LogP contribution is -2.46. The summed E-state index contributed by atoms with van der Waals surface area (Å²) in [5, 5.41) is 6.88. The van der Waals surface area contributed by atoms with E-state index in [4.69, 9.17) is 15.0 Å². The number of nitrogens with zero attached hydrogens (tertiary/aromatic N) is 7. The molecule has 0 spiro atoms. The smallest absolute Gasteiger partial charge is 0.258 e. The second-order valence-corrected chi connectivity index (χ2v) is 11.9. The summed E-state index contributed by atoms with van der Waals surface area (Å²) in [6.45, 7) is 10.8. The third kappa shape index (κ3) is 7.41. The first-order valence-corrected chi connectivity index (χ1v) is 15.9. The van der Waals surface area contributed by atoms with Crippen molar-refractivity contribution in [1.29, 1.82) is 0 Å². The van der Waals surface area contributed by atoms with Crippen LogP contribution in [0.2, 0.25) is 0 Å². The number of carbonyl (C=O) groups is 1. The molecule has 1 fully saturated rings. The summed E-state index contributed by atoms with van der Waals surface area (Å²) in [6, 6.07) is 24.3. The van der Waals surface area contributed by atoms with Crippen molar-refractivity contribution in [2.75, 3.05) is 73.4 Å². The molecular formula is C35H43N9O. The number of anilines is 5. The third-order valence-electron chi connectivity index (χ3n) is 8.56. The van der Waals surface area contributed by atoms with Gasteiger partial charge in [-0.15, -0.1) is 0 Å². The molecule has 2 aliphatic rings. The first-order valence-electron chi connectivity index (χ1n) is 15.9. The topological polar surface area (TPSA) is 92.8 Å². The Morgan fingerprint density at radius 1 is 0.867 bits per heavy atom. The van der Waals surface area contributed by atoms with Crippen LogP contribution < -0.4 is 20.4 Å². The van der Waals surface area contributed by atoms with Crippen molar-refractivity contribution in [3.8, 4) is 0 Å². The van der Waals surface area contributed by atoms with E-state index in [1.807, 2.05) is 67.3 Å². The van der Waals surface area contributed by atoms with Crippen LogP contribution in [-0.2, 0) is 13.0 Å². The highest BCUT2D eigenvalue weighted by Gasteiger charge is 2.22. The first kappa shape index (κ1) is 30.5. The molecule has 0 unspecified atom stereocenters. The average Bonchev–Trinajstić information content (AvgIpc) is 3.07. The summed E-state index contributed by atoms with van der Waals surface area (Å²) >= 11 is 0. The maximum absolute atomic E-state index is 13.3. The quantitative estimate of drug-likeness (QED) is 0.254. The van der Waals surface area contributed by atoms with Crippen LogP contribution >= 0.6 is 0 Å². The zero-order chi connectivity index (χ0) is 31.2. The first-order chi connectivity index (χ1) is 22.0. The Balaban J connectivity index is 1.18. The number of hydrogen-bond donors (Lipinski definition) is 2. The van der Waals surface area contributed by atoms with Crippen molar-refractivity contribution in [3.05, 3.63) is 95.1 Å². The molecule has 0 saturated carbocycles. The standard InChI is InChI=1S/C35H43N9O/c1-4-43(30-12-7-9-26(2)23-30)32(45)29-16-14-27(15-17-29)24-36-33-38-34(37-25-42-21-19-41(3)20-22-42)40-35(39-33)44-18-8-11-28-10-5-6-13-31(28)44/h5-7,9-10,12-17,23H,4,8,11,18-22,24-25H2,1-3H3,(H2,36,37,38,39,40). The lowest BCUT2D eigenvalue weighted by molar-refractivity contribution is 0.0988. The Kier molecular flexibility index (Phi) is 9.52. The van der Waals surface area contributed by atoms with Gasteiger partial charge in [0.2, 0.25) is 17.8 Å². The Labute approximate surface area is 266 Å². The molecule has 234 valence electrons. The summed E-state index contributed by atoms with van der Waals surface area (Å²) in [7, 11) is 2.16. The minimum absolute atomic E-state index is 0.0115. The van der Waals surface area contributed by atoms with Crippen LogP contribution in [0.4, 0.5) is 29.2 Å². The Hall–Kier alpha value is -4.54. The van der Waals surface area contributed by atoms with Crippen molar-refractivity contribution in [1.82, 2.24) is 24.8 Å². The lowest BCUT2D eigenvalue weighted by Gasteiger charge is -2.32. The normalized spacial score (nSPS) is 15.4. The van der Waals surface area contributed by atoms with Crippen molar-refractivity contribution in [2.45, 2.75) is 33.2 Å². The van der Waals surface area contributed by atoms with Gasteiger partial charge in [0.15, 0.2) is 0 Å². The number of rotatable bonds is 10. The van der Waals surface area contributed by atoms with Gasteiger partial charge >= 0.3 is 0 Å². The van der Waals surface area contributed by atoms with Gasteiger partial charge in [-0.05, 0) is 80.8 Å². The molecule has 1 saturated heterocycles. The number of fused-ring (bicyclic) bond motifs is 1. The van der Waals surface area contributed by atoms with Gasteiger partial charge in [-0.3, -0.25) is 9.69 Å². The summed E-state index contributed by atoms with van der Waals surface area (Å²) in [5.41, 5.74) is 6.18. The van der Waals surface area contributed by atoms with Crippen LogP contribution in [0.5, 0.6) is 0 Å². The van der Waals surface area contributed by atoms with Crippen LogP contribution in [0.15, 0.2) is 72.8 Å². The molecular weight excluding hydrogens is 562 g/mol. The molecule has 6 rings (SSSR count). The summed E-state index contributed by atoms with van der Waals surface area (Å²) in [6.07, 6.45) is 2.09. The van der Waals surface area contributed by atoms with Crippen LogP contribution in [0.3, 0.4) is 0 Å². The van der Waals surface area contributed by atoms with Gasteiger partial charge in [-0.25, -0.2) is 0 Å². The fourth-order valence-electron chi connectivity index (χ4n) is 5.91. The van der Waals surface area contributed by atoms with Crippen molar-refractivity contribution in [3.63, 3.8) is 0 Å². The van der Waals surface area contributed by atoms with Gasteiger partial charge in [-0.2, -0.15) is 15.0 Å². The zero-order valence-corrected chi connectivity index (χ0v) is 26.5. The Morgan fingerprint density at radius 3 is 2.38 bits per heavy atom. The minimum Gasteiger partial charge on any atom is -0.350 e. The number of para-hydroxylation sites is 1. The Bertz CT molecular complexity index is 1600. The fourth-order valence-corrected chi connectivity index (χ4v) is 5.91. The molecule has 3 heterocycles. The number of piperazine rings is 1. The highest BCUT2D eigenvalue weighted by Crippen LogP contribution is 2.32. The average molecular weight is 606 g/mol. The third-order valence-corrected chi connectivity index (χ3v) is 8.56. The van der Waals surface area contributed by atoms with E-state index in [1.54, 1.807) is 0 Å². The van der Waals surface area contributed by atoms with E-state index in [0.29, 0.717) is 43.2 Å². The van der Waals surface area contributed by atoms with Crippen LogP contribution in [-0.4, -0.2) is 83.6 Å². The molecule has 1 amide bonds. The monoisotopic (exact) mass is 605 g/mol.